The number of nitrogen functional groups attached to an aromatic ring is 1. The number of rotatable bonds is 4. The minimum Gasteiger partial charge on any atom is -0.398 e. The lowest BCUT2D eigenvalue weighted by atomic mass is 10.1. The van der Waals surface area contributed by atoms with Gasteiger partial charge in [-0.25, -0.2) is 4.98 Å². The van der Waals surface area contributed by atoms with Gasteiger partial charge in [0, 0.05) is 31.0 Å². The van der Waals surface area contributed by atoms with Gasteiger partial charge in [0.2, 0.25) is 0 Å². The number of imidazole rings is 1. The number of aromatic nitrogens is 2. The van der Waals surface area contributed by atoms with Crippen molar-refractivity contribution in [3.05, 3.63) is 83.4 Å². The Labute approximate surface area is 137 Å². The topological polar surface area (TPSA) is 43.8 Å². The van der Waals surface area contributed by atoms with Gasteiger partial charge >= 0.3 is 6.18 Å². The molecule has 2 N–H and O–H groups in total. The van der Waals surface area contributed by atoms with Crippen LogP contribution in [0.1, 0.15) is 22.5 Å². The van der Waals surface area contributed by atoms with Crippen LogP contribution in [0.2, 0.25) is 0 Å². The first-order chi connectivity index (χ1) is 11.4. The van der Waals surface area contributed by atoms with E-state index < -0.39 is 11.7 Å². The molecule has 0 radical (unpaired) electrons. The molecule has 0 atom stereocenters. The average Bonchev–Trinajstić information content (AvgIpc) is 2.96. The second-order valence-corrected chi connectivity index (χ2v) is 5.55. The maximum absolute atomic E-state index is 12.8. The van der Waals surface area contributed by atoms with Gasteiger partial charge in [-0.1, -0.05) is 30.3 Å². The third kappa shape index (κ3) is 3.59. The molecule has 0 saturated carbocycles. The van der Waals surface area contributed by atoms with Crippen molar-refractivity contribution in [2.24, 2.45) is 0 Å². The van der Waals surface area contributed by atoms with E-state index in [4.69, 9.17) is 5.73 Å². The molecule has 24 heavy (non-hydrogen) atoms. The Bertz CT molecular complexity index is 837. The second kappa shape index (κ2) is 6.39. The van der Waals surface area contributed by atoms with Crippen LogP contribution in [0.4, 0.5) is 18.9 Å². The highest BCUT2D eigenvalue weighted by atomic mass is 19.4. The van der Waals surface area contributed by atoms with E-state index in [0.717, 1.165) is 17.5 Å². The van der Waals surface area contributed by atoms with Crippen molar-refractivity contribution in [2.45, 2.75) is 19.1 Å². The molecule has 0 aliphatic rings. The largest absolute Gasteiger partial charge is 0.416 e. The number of nitrogens with two attached hydrogens (primary N) is 1. The molecule has 0 spiro atoms. The Kier molecular flexibility index (Phi) is 4.29. The number of hydrogen-bond acceptors (Lipinski definition) is 2. The molecule has 0 unspecified atom stereocenters. The predicted octanol–water partition coefficient (Wildman–Crippen LogP) is 4.12. The lowest BCUT2D eigenvalue weighted by Crippen LogP contribution is -2.09. The molecule has 0 aliphatic heterocycles. The second-order valence-electron chi connectivity index (χ2n) is 5.55. The van der Waals surface area contributed by atoms with Crippen molar-refractivity contribution < 1.29 is 13.2 Å². The van der Waals surface area contributed by atoms with E-state index >= 15 is 0 Å². The van der Waals surface area contributed by atoms with Crippen LogP contribution in [-0.2, 0) is 19.1 Å². The van der Waals surface area contributed by atoms with E-state index in [-0.39, 0.29) is 0 Å². The Morgan fingerprint density at radius 2 is 1.83 bits per heavy atom. The molecule has 1 aromatic heterocycles. The van der Waals surface area contributed by atoms with Gasteiger partial charge in [-0.15, -0.1) is 0 Å². The fourth-order valence-corrected chi connectivity index (χ4v) is 2.56. The number of hydrogen-bond donors (Lipinski definition) is 1. The van der Waals surface area contributed by atoms with Gasteiger partial charge in [-0.05, 0) is 29.3 Å². The van der Waals surface area contributed by atoms with Crippen LogP contribution >= 0.6 is 0 Å². The van der Waals surface area contributed by atoms with Crippen LogP contribution in [0.15, 0.2) is 60.9 Å². The summed E-state index contributed by atoms with van der Waals surface area (Å²) >= 11 is 0. The molecule has 6 heteroatoms. The molecule has 0 bridgehead atoms. The van der Waals surface area contributed by atoms with Crippen molar-refractivity contribution in [3.63, 3.8) is 0 Å². The summed E-state index contributed by atoms with van der Waals surface area (Å²) in [7, 11) is 0. The van der Waals surface area contributed by atoms with E-state index in [1.165, 1.54) is 12.1 Å². The van der Waals surface area contributed by atoms with Crippen molar-refractivity contribution >= 4 is 5.69 Å². The van der Waals surface area contributed by atoms with Gasteiger partial charge in [0.15, 0.2) is 0 Å². The standard InChI is InChI=1S/C18H16F3N3/c19-18(20,21)15-6-3-4-13(10-15)12-24-9-8-23-17(24)11-14-5-1-2-7-16(14)22/h1-10H,11-12,22H2. The van der Waals surface area contributed by atoms with Gasteiger partial charge in [-0.2, -0.15) is 13.2 Å². The summed E-state index contributed by atoms with van der Waals surface area (Å²) in [5, 5.41) is 0. The molecule has 0 aliphatic carbocycles. The fourth-order valence-electron chi connectivity index (χ4n) is 2.56. The lowest BCUT2D eigenvalue weighted by Gasteiger charge is -2.12. The molecule has 0 amide bonds. The van der Waals surface area contributed by atoms with Crippen molar-refractivity contribution in [1.29, 1.82) is 0 Å². The average molecular weight is 331 g/mol. The van der Waals surface area contributed by atoms with E-state index in [0.29, 0.717) is 24.2 Å². The summed E-state index contributed by atoms with van der Waals surface area (Å²) in [6.45, 7) is 0.325. The molecule has 2 aromatic carbocycles. The summed E-state index contributed by atoms with van der Waals surface area (Å²) in [5.41, 5.74) is 7.49. The highest BCUT2D eigenvalue weighted by Crippen LogP contribution is 2.29. The third-order valence-electron chi connectivity index (χ3n) is 3.81. The maximum atomic E-state index is 12.8. The lowest BCUT2D eigenvalue weighted by molar-refractivity contribution is -0.137. The highest BCUT2D eigenvalue weighted by molar-refractivity contribution is 5.47. The summed E-state index contributed by atoms with van der Waals surface area (Å²) in [6.07, 6.45) is -0.415. The molecule has 3 rings (SSSR count). The fraction of sp³-hybridized carbons (Fsp3) is 0.167. The first-order valence-corrected chi connectivity index (χ1v) is 7.43. The number of benzene rings is 2. The normalized spacial score (nSPS) is 11.6. The first kappa shape index (κ1) is 16.1. The zero-order valence-corrected chi connectivity index (χ0v) is 12.8. The molecule has 1 heterocycles. The van der Waals surface area contributed by atoms with E-state index in [2.05, 4.69) is 4.98 Å². The van der Waals surface area contributed by atoms with Gasteiger partial charge in [0.05, 0.1) is 5.56 Å². The molecular formula is C18H16F3N3. The summed E-state index contributed by atoms with van der Waals surface area (Å²) in [5.74, 6) is 0.755. The van der Waals surface area contributed by atoms with Gasteiger partial charge in [-0.3, -0.25) is 0 Å². The predicted molar refractivity (Wildman–Crippen MR) is 86.4 cm³/mol. The SMILES string of the molecule is Nc1ccccc1Cc1nccn1Cc1cccc(C(F)(F)F)c1. The van der Waals surface area contributed by atoms with Crippen LogP contribution in [0.5, 0.6) is 0 Å². The monoisotopic (exact) mass is 331 g/mol. The van der Waals surface area contributed by atoms with E-state index in [1.807, 2.05) is 28.8 Å². The quantitative estimate of drug-likeness (QED) is 0.731. The molecule has 0 fully saturated rings. The van der Waals surface area contributed by atoms with Crippen LogP contribution in [0, 0.1) is 0 Å². The maximum Gasteiger partial charge on any atom is 0.416 e. The Morgan fingerprint density at radius 1 is 1.04 bits per heavy atom. The number of alkyl halides is 3. The zero-order valence-electron chi connectivity index (χ0n) is 12.8. The summed E-state index contributed by atoms with van der Waals surface area (Å²) < 4.78 is 40.3. The number of nitrogens with zero attached hydrogens (tertiary/aromatic N) is 2. The zero-order chi connectivity index (χ0) is 17.2. The Morgan fingerprint density at radius 3 is 2.58 bits per heavy atom. The minimum absolute atomic E-state index is 0.325. The van der Waals surface area contributed by atoms with E-state index in [9.17, 15) is 13.2 Å². The Hall–Kier alpha value is -2.76. The number of anilines is 1. The van der Waals surface area contributed by atoms with Crippen molar-refractivity contribution in [1.82, 2.24) is 9.55 Å². The molecular weight excluding hydrogens is 315 g/mol. The summed E-state index contributed by atoms with van der Waals surface area (Å²) in [4.78, 5) is 4.31. The molecule has 124 valence electrons. The van der Waals surface area contributed by atoms with Crippen LogP contribution < -0.4 is 5.73 Å². The van der Waals surface area contributed by atoms with Crippen LogP contribution in [0.3, 0.4) is 0 Å². The highest BCUT2D eigenvalue weighted by Gasteiger charge is 2.30. The molecule has 3 nitrogen and oxygen atoms in total. The smallest absolute Gasteiger partial charge is 0.398 e. The molecule has 3 aromatic rings. The van der Waals surface area contributed by atoms with Crippen molar-refractivity contribution in [2.75, 3.05) is 5.73 Å². The van der Waals surface area contributed by atoms with E-state index in [1.54, 1.807) is 18.5 Å². The van der Waals surface area contributed by atoms with Gasteiger partial charge in [0.25, 0.3) is 0 Å². The minimum atomic E-state index is -4.34. The Balaban J connectivity index is 1.83. The number of para-hydroxylation sites is 1. The van der Waals surface area contributed by atoms with Crippen molar-refractivity contribution in [3.8, 4) is 0 Å². The number of halogens is 3. The van der Waals surface area contributed by atoms with Gasteiger partial charge in [0.1, 0.15) is 5.82 Å². The third-order valence-corrected chi connectivity index (χ3v) is 3.81. The molecule has 0 saturated heterocycles. The van der Waals surface area contributed by atoms with Crippen LogP contribution in [-0.4, -0.2) is 9.55 Å². The van der Waals surface area contributed by atoms with Gasteiger partial charge < -0.3 is 10.3 Å². The van der Waals surface area contributed by atoms with Crippen LogP contribution in [0.25, 0.3) is 0 Å². The summed E-state index contributed by atoms with van der Waals surface area (Å²) in [6, 6.07) is 12.8. The first-order valence-electron chi connectivity index (χ1n) is 7.43.